The van der Waals surface area contributed by atoms with Crippen LogP contribution in [0.2, 0.25) is 0 Å². The highest BCUT2D eigenvalue weighted by atomic mass is 16.5. The number of hydrogen-bond acceptors (Lipinski definition) is 3. The minimum atomic E-state index is -0.0603. The van der Waals surface area contributed by atoms with Gasteiger partial charge in [0.15, 0.2) is 0 Å². The van der Waals surface area contributed by atoms with Gasteiger partial charge in [0.2, 0.25) is 0 Å². The average molecular weight is 217 g/mol. The molecule has 1 unspecified atom stereocenters. The normalized spacial score (nSPS) is 14.2. The zero-order chi connectivity index (χ0) is 11.7. The lowest BCUT2D eigenvalue weighted by Gasteiger charge is -2.20. The van der Waals surface area contributed by atoms with E-state index in [0.29, 0.717) is 19.3 Å². The molecule has 3 heteroatoms. The van der Waals surface area contributed by atoms with Crippen LogP contribution >= 0.6 is 0 Å². The van der Waals surface area contributed by atoms with Gasteiger partial charge in [0, 0.05) is 6.04 Å². The second-order valence-corrected chi connectivity index (χ2v) is 4.70. The number of ether oxygens (including phenoxy) is 2. The first kappa shape index (κ1) is 14.9. The van der Waals surface area contributed by atoms with Gasteiger partial charge in [0.05, 0.1) is 25.4 Å². The predicted octanol–water partition coefficient (Wildman–Crippen LogP) is 2.21. The topological polar surface area (TPSA) is 30.5 Å². The van der Waals surface area contributed by atoms with Crippen LogP contribution in [0.4, 0.5) is 0 Å². The van der Waals surface area contributed by atoms with Gasteiger partial charge in [0.1, 0.15) is 0 Å². The lowest BCUT2D eigenvalue weighted by molar-refractivity contribution is -0.0373. The van der Waals surface area contributed by atoms with Gasteiger partial charge < -0.3 is 14.8 Å². The molecule has 1 atom stereocenters. The van der Waals surface area contributed by atoms with Crippen molar-refractivity contribution in [1.29, 1.82) is 0 Å². The number of hydrogen-bond donors (Lipinski definition) is 1. The highest BCUT2D eigenvalue weighted by Gasteiger charge is 2.09. The van der Waals surface area contributed by atoms with Crippen molar-refractivity contribution in [2.45, 2.75) is 52.7 Å². The molecule has 0 bridgehead atoms. The summed E-state index contributed by atoms with van der Waals surface area (Å²) >= 11 is 0. The molecule has 0 fully saturated rings. The van der Waals surface area contributed by atoms with Crippen molar-refractivity contribution in [1.82, 2.24) is 5.32 Å². The maximum atomic E-state index is 5.56. The van der Waals surface area contributed by atoms with Crippen LogP contribution in [-0.4, -0.2) is 38.0 Å². The Bertz CT molecular complexity index is 143. The third-order valence-electron chi connectivity index (χ3n) is 2.07. The molecule has 15 heavy (non-hydrogen) atoms. The minimum Gasteiger partial charge on any atom is -0.377 e. The molecule has 0 radical (unpaired) electrons. The lowest BCUT2D eigenvalue weighted by Crippen LogP contribution is -2.33. The van der Waals surface area contributed by atoms with Gasteiger partial charge >= 0.3 is 0 Å². The predicted molar refractivity (Wildman–Crippen MR) is 64.3 cm³/mol. The molecule has 0 aliphatic carbocycles. The first-order valence-electron chi connectivity index (χ1n) is 5.94. The third kappa shape index (κ3) is 10.2. The Morgan fingerprint density at radius 1 is 1.13 bits per heavy atom. The second-order valence-electron chi connectivity index (χ2n) is 4.70. The van der Waals surface area contributed by atoms with Crippen LogP contribution in [0.15, 0.2) is 0 Å². The molecule has 0 aliphatic heterocycles. The van der Waals surface area contributed by atoms with E-state index in [0.717, 1.165) is 19.6 Å². The summed E-state index contributed by atoms with van der Waals surface area (Å²) in [5.41, 5.74) is -0.0603. The quantitative estimate of drug-likeness (QED) is 0.632. The maximum Gasteiger partial charge on any atom is 0.0707 e. The smallest absolute Gasteiger partial charge is 0.0707 e. The van der Waals surface area contributed by atoms with E-state index in [1.807, 2.05) is 0 Å². The average Bonchev–Trinajstić information content (AvgIpc) is 2.14. The first-order valence-corrected chi connectivity index (χ1v) is 5.94. The van der Waals surface area contributed by atoms with E-state index in [2.05, 4.69) is 39.9 Å². The Morgan fingerprint density at radius 2 is 1.80 bits per heavy atom. The highest BCUT2D eigenvalue weighted by molar-refractivity contribution is 4.62. The van der Waals surface area contributed by atoms with E-state index in [4.69, 9.17) is 9.47 Å². The van der Waals surface area contributed by atoms with Crippen LogP contribution in [0, 0.1) is 0 Å². The van der Waals surface area contributed by atoms with Crippen LogP contribution < -0.4 is 5.32 Å². The van der Waals surface area contributed by atoms with E-state index in [1.54, 1.807) is 0 Å². The molecule has 92 valence electrons. The molecule has 0 aromatic heterocycles. The van der Waals surface area contributed by atoms with Gasteiger partial charge in [-0.15, -0.1) is 0 Å². The Morgan fingerprint density at radius 3 is 2.27 bits per heavy atom. The van der Waals surface area contributed by atoms with E-state index in [1.165, 1.54) is 0 Å². The van der Waals surface area contributed by atoms with Crippen molar-refractivity contribution >= 4 is 0 Å². The fraction of sp³-hybridized carbons (Fsp3) is 1.00. The molecular formula is C12H27NO2. The van der Waals surface area contributed by atoms with Crippen LogP contribution in [0.1, 0.15) is 41.0 Å². The third-order valence-corrected chi connectivity index (χ3v) is 2.07. The molecule has 0 heterocycles. The molecule has 0 spiro atoms. The molecule has 3 nitrogen and oxygen atoms in total. The van der Waals surface area contributed by atoms with E-state index >= 15 is 0 Å². The van der Waals surface area contributed by atoms with Gasteiger partial charge in [-0.2, -0.15) is 0 Å². The molecular weight excluding hydrogens is 190 g/mol. The SMILES string of the molecule is CCNC(CC)COCCOC(C)(C)C. The largest absolute Gasteiger partial charge is 0.377 e. The van der Waals surface area contributed by atoms with Crippen LogP contribution in [0.25, 0.3) is 0 Å². The summed E-state index contributed by atoms with van der Waals surface area (Å²) in [5.74, 6) is 0. The number of rotatable bonds is 8. The van der Waals surface area contributed by atoms with Gasteiger partial charge in [-0.05, 0) is 33.7 Å². The van der Waals surface area contributed by atoms with Gasteiger partial charge in [-0.1, -0.05) is 13.8 Å². The van der Waals surface area contributed by atoms with Crippen molar-refractivity contribution < 1.29 is 9.47 Å². The summed E-state index contributed by atoms with van der Waals surface area (Å²) in [5, 5.41) is 3.37. The fourth-order valence-electron chi connectivity index (χ4n) is 1.24. The van der Waals surface area contributed by atoms with Crippen LogP contribution in [-0.2, 0) is 9.47 Å². The zero-order valence-corrected chi connectivity index (χ0v) is 10.9. The van der Waals surface area contributed by atoms with Gasteiger partial charge in [-0.25, -0.2) is 0 Å². The van der Waals surface area contributed by atoms with Gasteiger partial charge in [0.25, 0.3) is 0 Å². The monoisotopic (exact) mass is 217 g/mol. The maximum absolute atomic E-state index is 5.56. The molecule has 1 N–H and O–H groups in total. The number of likely N-dealkylation sites (N-methyl/N-ethyl adjacent to an activating group) is 1. The Labute approximate surface area is 94.5 Å². The van der Waals surface area contributed by atoms with Crippen molar-refractivity contribution in [2.24, 2.45) is 0 Å². The fourth-order valence-corrected chi connectivity index (χ4v) is 1.24. The van der Waals surface area contributed by atoms with Crippen LogP contribution in [0.5, 0.6) is 0 Å². The Balaban J connectivity index is 3.36. The first-order chi connectivity index (χ1) is 6.99. The van der Waals surface area contributed by atoms with Crippen molar-refractivity contribution in [3.05, 3.63) is 0 Å². The van der Waals surface area contributed by atoms with E-state index in [-0.39, 0.29) is 5.60 Å². The lowest BCUT2D eigenvalue weighted by atomic mass is 10.2. The summed E-state index contributed by atoms with van der Waals surface area (Å²) in [6, 6.07) is 0.477. The van der Waals surface area contributed by atoms with Crippen molar-refractivity contribution in [3.8, 4) is 0 Å². The van der Waals surface area contributed by atoms with Gasteiger partial charge in [-0.3, -0.25) is 0 Å². The van der Waals surface area contributed by atoms with Crippen molar-refractivity contribution in [3.63, 3.8) is 0 Å². The molecule has 0 rings (SSSR count). The minimum absolute atomic E-state index is 0.0603. The molecule has 0 aromatic carbocycles. The molecule has 0 saturated heterocycles. The van der Waals surface area contributed by atoms with E-state index < -0.39 is 0 Å². The summed E-state index contributed by atoms with van der Waals surface area (Å²) in [4.78, 5) is 0. The van der Waals surface area contributed by atoms with Crippen molar-refractivity contribution in [2.75, 3.05) is 26.4 Å². The molecule has 0 aliphatic rings. The Kier molecular flexibility index (Phi) is 8.02. The van der Waals surface area contributed by atoms with E-state index in [9.17, 15) is 0 Å². The molecule has 0 aromatic rings. The van der Waals surface area contributed by atoms with Crippen LogP contribution in [0.3, 0.4) is 0 Å². The summed E-state index contributed by atoms with van der Waals surface area (Å²) in [6.07, 6.45) is 1.11. The summed E-state index contributed by atoms with van der Waals surface area (Å²) in [7, 11) is 0. The summed E-state index contributed by atoms with van der Waals surface area (Å²) < 4.78 is 11.1. The summed E-state index contributed by atoms with van der Waals surface area (Å²) in [6.45, 7) is 13.6. The standard InChI is InChI=1S/C12H27NO2/c1-6-11(13-7-2)10-14-8-9-15-12(3,4)5/h11,13H,6-10H2,1-5H3. The highest BCUT2D eigenvalue weighted by Crippen LogP contribution is 2.05. The molecule has 0 amide bonds. The Hall–Kier alpha value is -0.120. The number of nitrogens with one attached hydrogen (secondary N) is 1. The second kappa shape index (κ2) is 8.08. The molecule has 0 saturated carbocycles. The zero-order valence-electron chi connectivity index (χ0n) is 10.9.